The van der Waals surface area contributed by atoms with Crippen molar-refractivity contribution in [1.82, 2.24) is 4.90 Å². The molecule has 0 heterocycles. The molecule has 0 amide bonds. The van der Waals surface area contributed by atoms with Crippen molar-refractivity contribution < 1.29 is 36.3 Å². The molecule has 0 radical (unpaired) electrons. The molecule has 9 heteroatoms. The second-order valence-corrected chi connectivity index (χ2v) is 4.50. The lowest BCUT2D eigenvalue weighted by Crippen LogP contribution is -2.22. The minimum absolute atomic E-state index is 0.159. The van der Waals surface area contributed by atoms with E-state index in [1.165, 1.54) is 25.9 Å². The molecule has 0 fully saturated rings. The Morgan fingerprint density at radius 2 is 1.39 bits per heavy atom. The van der Waals surface area contributed by atoms with Crippen LogP contribution in [0.15, 0.2) is 11.8 Å². The molecule has 0 spiro atoms. The Hall–Kier alpha value is -2.45. The molecule has 0 aromatic heterocycles. The van der Waals surface area contributed by atoms with Crippen molar-refractivity contribution in [1.29, 1.82) is 0 Å². The third-order valence-corrected chi connectivity index (χ3v) is 2.56. The van der Waals surface area contributed by atoms with Gasteiger partial charge in [-0.05, 0) is 6.92 Å². The lowest BCUT2D eigenvalue weighted by Gasteiger charge is -2.12. The molecular weight excluding hydrogens is 325 g/mol. The summed E-state index contributed by atoms with van der Waals surface area (Å²) in [5, 5.41) is 0. The number of Topliss-reactive ketones (excluding diaryl/α,β-unsaturated/α-hetero) is 1. The van der Waals surface area contributed by atoms with Crippen molar-refractivity contribution in [3.63, 3.8) is 0 Å². The summed E-state index contributed by atoms with van der Waals surface area (Å²) < 4.78 is 71.2. The van der Waals surface area contributed by atoms with Gasteiger partial charge in [-0.3, -0.25) is 4.79 Å². The van der Waals surface area contributed by atoms with Crippen LogP contribution in [0.25, 0.3) is 0 Å². The summed E-state index contributed by atoms with van der Waals surface area (Å²) in [6.45, 7) is 1.25. The van der Waals surface area contributed by atoms with Gasteiger partial charge in [0.2, 0.25) is 11.6 Å². The molecule has 4 nitrogen and oxygen atoms in total. The van der Waals surface area contributed by atoms with Crippen molar-refractivity contribution in [2.24, 2.45) is 0 Å². The smallest absolute Gasteiger partial charge is 0.343 e. The van der Waals surface area contributed by atoms with Gasteiger partial charge in [0.1, 0.15) is 11.1 Å². The van der Waals surface area contributed by atoms with Crippen molar-refractivity contribution >= 4 is 11.8 Å². The van der Waals surface area contributed by atoms with Gasteiger partial charge in [-0.1, -0.05) is 0 Å². The number of benzene rings is 1. The van der Waals surface area contributed by atoms with Crippen LogP contribution < -0.4 is 0 Å². The summed E-state index contributed by atoms with van der Waals surface area (Å²) in [5.41, 5.74) is -2.59. The van der Waals surface area contributed by atoms with Crippen molar-refractivity contribution in [2.75, 3.05) is 20.7 Å². The van der Waals surface area contributed by atoms with E-state index in [2.05, 4.69) is 4.74 Å². The number of esters is 1. The van der Waals surface area contributed by atoms with Crippen LogP contribution in [-0.4, -0.2) is 37.4 Å². The van der Waals surface area contributed by atoms with Crippen LogP contribution in [0.5, 0.6) is 0 Å². The Morgan fingerprint density at radius 1 is 0.957 bits per heavy atom. The number of rotatable bonds is 5. The molecule has 1 rings (SSSR count). The second kappa shape index (κ2) is 7.21. The number of hydrogen-bond donors (Lipinski definition) is 0. The molecule has 1 aromatic rings. The Morgan fingerprint density at radius 3 is 1.78 bits per heavy atom. The zero-order chi connectivity index (χ0) is 17.9. The molecule has 0 atom stereocenters. The van der Waals surface area contributed by atoms with E-state index in [9.17, 15) is 31.5 Å². The molecular formula is C14H12F5NO3. The molecule has 0 N–H and O–H groups in total. The van der Waals surface area contributed by atoms with E-state index < -0.39 is 52.0 Å². The zero-order valence-corrected chi connectivity index (χ0v) is 12.3. The normalized spacial score (nSPS) is 11.4. The number of ketones is 1. The molecule has 0 saturated heterocycles. The van der Waals surface area contributed by atoms with Crippen LogP contribution in [-0.2, 0) is 9.53 Å². The lowest BCUT2D eigenvalue weighted by molar-refractivity contribution is -0.138. The minimum Gasteiger partial charge on any atom is -0.462 e. The van der Waals surface area contributed by atoms with E-state index in [-0.39, 0.29) is 6.61 Å². The molecule has 126 valence electrons. The fourth-order valence-corrected chi connectivity index (χ4v) is 1.61. The average Bonchev–Trinajstić information content (AvgIpc) is 2.48. The predicted octanol–water partition coefficient (Wildman–Crippen LogP) is 2.57. The van der Waals surface area contributed by atoms with Crippen molar-refractivity contribution in [3.8, 4) is 0 Å². The standard InChI is InChI=1S/C14H12F5NO3/c1-4-23-14(22)6(5-20(2)3)13(21)7-8(15)10(17)12(19)11(18)9(7)16/h5H,4H2,1-3H3. The van der Waals surface area contributed by atoms with Gasteiger partial charge in [-0.15, -0.1) is 0 Å². The number of ether oxygens (including phenoxy) is 1. The fraction of sp³-hybridized carbons (Fsp3) is 0.286. The fourth-order valence-electron chi connectivity index (χ4n) is 1.61. The van der Waals surface area contributed by atoms with Gasteiger partial charge in [-0.2, -0.15) is 0 Å². The van der Waals surface area contributed by atoms with Crippen LogP contribution in [0.2, 0.25) is 0 Å². The highest BCUT2D eigenvalue weighted by atomic mass is 19.2. The first kappa shape index (κ1) is 18.6. The van der Waals surface area contributed by atoms with Gasteiger partial charge in [0.25, 0.3) is 0 Å². The van der Waals surface area contributed by atoms with Crippen LogP contribution >= 0.6 is 0 Å². The van der Waals surface area contributed by atoms with Crippen LogP contribution in [0, 0.1) is 29.1 Å². The molecule has 0 bridgehead atoms. The largest absolute Gasteiger partial charge is 0.462 e. The van der Waals surface area contributed by atoms with Crippen molar-refractivity contribution in [2.45, 2.75) is 6.92 Å². The number of halogens is 5. The highest BCUT2D eigenvalue weighted by Crippen LogP contribution is 2.25. The maximum Gasteiger partial charge on any atom is 0.343 e. The third kappa shape index (κ3) is 3.66. The summed E-state index contributed by atoms with van der Waals surface area (Å²) in [4.78, 5) is 25.0. The second-order valence-electron chi connectivity index (χ2n) is 4.50. The molecule has 0 aliphatic rings. The summed E-state index contributed by atoms with van der Waals surface area (Å²) in [6.07, 6.45) is 0.859. The first-order chi connectivity index (χ1) is 10.6. The van der Waals surface area contributed by atoms with E-state index in [0.29, 0.717) is 0 Å². The van der Waals surface area contributed by atoms with Gasteiger partial charge in [0, 0.05) is 20.3 Å². The molecule has 23 heavy (non-hydrogen) atoms. The Kier molecular flexibility index (Phi) is 5.83. The molecule has 0 aliphatic carbocycles. The Bertz CT molecular complexity index is 656. The van der Waals surface area contributed by atoms with Gasteiger partial charge < -0.3 is 9.64 Å². The van der Waals surface area contributed by atoms with E-state index in [0.717, 1.165) is 6.20 Å². The average molecular weight is 337 g/mol. The van der Waals surface area contributed by atoms with E-state index in [1.54, 1.807) is 0 Å². The van der Waals surface area contributed by atoms with E-state index >= 15 is 0 Å². The molecule has 1 aromatic carbocycles. The summed E-state index contributed by atoms with van der Waals surface area (Å²) in [7, 11) is 2.76. The lowest BCUT2D eigenvalue weighted by atomic mass is 10.0. The highest BCUT2D eigenvalue weighted by Gasteiger charge is 2.33. The Labute approximate surface area is 128 Å². The zero-order valence-electron chi connectivity index (χ0n) is 12.3. The Balaban J connectivity index is 3.56. The molecule has 0 aliphatic heterocycles. The number of carbonyl (C=O) groups is 2. The maximum atomic E-state index is 13.7. The van der Waals surface area contributed by atoms with Crippen LogP contribution in [0.3, 0.4) is 0 Å². The van der Waals surface area contributed by atoms with Gasteiger partial charge in [0.05, 0.1) is 6.61 Å². The van der Waals surface area contributed by atoms with E-state index in [1.807, 2.05) is 0 Å². The SMILES string of the molecule is CCOC(=O)C(=CN(C)C)C(=O)c1c(F)c(F)c(F)c(F)c1F. The predicted molar refractivity (Wildman–Crippen MR) is 69.0 cm³/mol. The van der Waals surface area contributed by atoms with Crippen LogP contribution in [0.1, 0.15) is 17.3 Å². The van der Waals surface area contributed by atoms with E-state index in [4.69, 9.17) is 0 Å². The maximum absolute atomic E-state index is 13.7. The van der Waals surface area contributed by atoms with Gasteiger partial charge in [0.15, 0.2) is 23.3 Å². The number of carbonyl (C=O) groups excluding carboxylic acids is 2. The molecule has 0 unspecified atom stereocenters. The summed E-state index contributed by atoms with van der Waals surface area (Å²) in [5.74, 6) is -14.5. The van der Waals surface area contributed by atoms with Gasteiger partial charge >= 0.3 is 5.97 Å². The third-order valence-electron chi connectivity index (χ3n) is 2.56. The van der Waals surface area contributed by atoms with Crippen LogP contribution in [0.4, 0.5) is 22.0 Å². The number of nitrogens with zero attached hydrogens (tertiary/aromatic N) is 1. The monoisotopic (exact) mass is 337 g/mol. The first-order valence-electron chi connectivity index (χ1n) is 6.24. The molecule has 0 saturated carbocycles. The quantitative estimate of drug-likeness (QED) is 0.121. The highest BCUT2D eigenvalue weighted by molar-refractivity contribution is 6.24. The first-order valence-corrected chi connectivity index (χ1v) is 6.24. The number of hydrogen-bond acceptors (Lipinski definition) is 4. The topological polar surface area (TPSA) is 46.6 Å². The minimum atomic E-state index is -2.40. The summed E-state index contributed by atoms with van der Waals surface area (Å²) in [6, 6.07) is 0. The van der Waals surface area contributed by atoms with Crippen molar-refractivity contribution in [3.05, 3.63) is 46.4 Å². The summed E-state index contributed by atoms with van der Waals surface area (Å²) >= 11 is 0. The van der Waals surface area contributed by atoms with Gasteiger partial charge in [-0.25, -0.2) is 26.7 Å².